The van der Waals surface area contributed by atoms with Crippen LogP contribution in [-0.2, 0) is 6.54 Å². The SMILES string of the molecule is CCN(Cc1cccc(C)n1)C(C)C. The highest BCUT2D eigenvalue weighted by molar-refractivity contribution is 5.09. The molecule has 1 heterocycles. The van der Waals surface area contributed by atoms with Gasteiger partial charge in [0.2, 0.25) is 0 Å². The molecule has 0 saturated carbocycles. The van der Waals surface area contributed by atoms with Gasteiger partial charge in [0.15, 0.2) is 0 Å². The number of nitrogens with zero attached hydrogens (tertiary/aromatic N) is 2. The lowest BCUT2D eigenvalue weighted by atomic mass is 10.2. The van der Waals surface area contributed by atoms with Crippen LogP contribution < -0.4 is 0 Å². The van der Waals surface area contributed by atoms with Gasteiger partial charge in [0.1, 0.15) is 0 Å². The third kappa shape index (κ3) is 3.11. The van der Waals surface area contributed by atoms with E-state index in [4.69, 9.17) is 0 Å². The van der Waals surface area contributed by atoms with Crippen LogP contribution in [0.2, 0.25) is 0 Å². The second-order valence-electron chi connectivity index (χ2n) is 3.93. The normalized spacial score (nSPS) is 11.3. The van der Waals surface area contributed by atoms with E-state index in [0.717, 1.165) is 18.8 Å². The minimum atomic E-state index is 0.585. The molecular weight excluding hydrogens is 172 g/mol. The van der Waals surface area contributed by atoms with Gasteiger partial charge in [-0.2, -0.15) is 0 Å². The van der Waals surface area contributed by atoms with Gasteiger partial charge in [0.05, 0.1) is 5.69 Å². The Morgan fingerprint density at radius 1 is 1.36 bits per heavy atom. The van der Waals surface area contributed by atoms with Gasteiger partial charge in [0, 0.05) is 18.3 Å². The van der Waals surface area contributed by atoms with Gasteiger partial charge in [-0.25, -0.2) is 0 Å². The summed E-state index contributed by atoms with van der Waals surface area (Å²) < 4.78 is 0. The Kier molecular flexibility index (Phi) is 4.08. The van der Waals surface area contributed by atoms with E-state index in [9.17, 15) is 0 Å². The summed E-state index contributed by atoms with van der Waals surface area (Å²) in [6.45, 7) is 10.7. The maximum Gasteiger partial charge on any atom is 0.0547 e. The van der Waals surface area contributed by atoms with E-state index >= 15 is 0 Å². The summed E-state index contributed by atoms with van der Waals surface area (Å²) >= 11 is 0. The molecular formula is C12H20N2. The summed E-state index contributed by atoms with van der Waals surface area (Å²) in [6.07, 6.45) is 0. The Hall–Kier alpha value is -0.890. The maximum atomic E-state index is 4.50. The molecule has 0 atom stereocenters. The highest BCUT2D eigenvalue weighted by atomic mass is 15.1. The zero-order chi connectivity index (χ0) is 10.6. The predicted molar refractivity (Wildman–Crippen MR) is 60.2 cm³/mol. The van der Waals surface area contributed by atoms with Gasteiger partial charge < -0.3 is 0 Å². The van der Waals surface area contributed by atoms with Crippen molar-refractivity contribution in [1.29, 1.82) is 0 Å². The van der Waals surface area contributed by atoms with Crippen molar-refractivity contribution < 1.29 is 0 Å². The number of pyridine rings is 1. The minimum Gasteiger partial charge on any atom is -0.295 e. The molecule has 0 bridgehead atoms. The molecule has 0 spiro atoms. The molecule has 0 aliphatic rings. The summed E-state index contributed by atoms with van der Waals surface area (Å²) in [5.74, 6) is 0. The summed E-state index contributed by atoms with van der Waals surface area (Å²) in [5.41, 5.74) is 2.27. The number of hydrogen-bond donors (Lipinski definition) is 0. The van der Waals surface area contributed by atoms with Crippen molar-refractivity contribution in [3.63, 3.8) is 0 Å². The van der Waals surface area contributed by atoms with Gasteiger partial charge in [-0.05, 0) is 39.4 Å². The second kappa shape index (κ2) is 5.11. The molecule has 0 N–H and O–H groups in total. The first-order valence-electron chi connectivity index (χ1n) is 5.30. The lowest BCUT2D eigenvalue weighted by Gasteiger charge is -2.24. The monoisotopic (exact) mass is 192 g/mol. The molecule has 2 heteroatoms. The number of rotatable bonds is 4. The largest absolute Gasteiger partial charge is 0.295 e. The van der Waals surface area contributed by atoms with Crippen molar-refractivity contribution in [3.8, 4) is 0 Å². The van der Waals surface area contributed by atoms with Gasteiger partial charge in [-0.3, -0.25) is 9.88 Å². The van der Waals surface area contributed by atoms with Crippen LogP contribution in [0.5, 0.6) is 0 Å². The van der Waals surface area contributed by atoms with Crippen molar-refractivity contribution >= 4 is 0 Å². The average Bonchev–Trinajstić information content (AvgIpc) is 2.14. The highest BCUT2D eigenvalue weighted by Gasteiger charge is 2.07. The molecule has 0 fully saturated rings. The highest BCUT2D eigenvalue weighted by Crippen LogP contribution is 2.06. The smallest absolute Gasteiger partial charge is 0.0547 e. The quantitative estimate of drug-likeness (QED) is 0.729. The minimum absolute atomic E-state index is 0.585. The van der Waals surface area contributed by atoms with Gasteiger partial charge in [-0.1, -0.05) is 13.0 Å². The van der Waals surface area contributed by atoms with E-state index < -0.39 is 0 Å². The Bertz CT molecular complexity index is 281. The molecule has 78 valence electrons. The van der Waals surface area contributed by atoms with Crippen molar-refractivity contribution in [2.24, 2.45) is 0 Å². The molecule has 0 amide bonds. The fraction of sp³-hybridized carbons (Fsp3) is 0.583. The first-order chi connectivity index (χ1) is 6.63. The molecule has 1 aromatic heterocycles. The van der Waals surface area contributed by atoms with Crippen LogP contribution >= 0.6 is 0 Å². The molecule has 0 aromatic carbocycles. The van der Waals surface area contributed by atoms with Crippen molar-refractivity contribution in [2.45, 2.75) is 40.3 Å². The molecule has 2 nitrogen and oxygen atoms in total. The van der Waals surface area contributed by atoms with Crippen molar-refractivity contribution in [1.82, 2.24) is 9.88 Å². The van der Waals surface area contributed by atoms with Gasteiger partial charge >= 0.3 is 0 Å². The van der Waals surface area contributed by atoms with E-state index in [-0.39, 0.29) is 0 Å². The summed E-state index contributed by atoms with van der Waals surface area (Å²) in [5, 5.41) is 0. The lowest BCUT2D eigenvalue weighted by molar-refractivity contribution is 0.222. The topological polar surface area (TPSA) is 16.1 Å². The standard InChI is InChI=1S/C12H20N2/c1-5-14(10(2)3)9-12-8-6-7-11(4)13-12/h6-8,10H,5,9H2,1-4H3. The molecule has 0 radical (unpaired) electrons. The van der Waals surface area contributed by atoms with Crippen LogP contribution in [0.15, 0.2) is 18.2 Å². The van der Waals surface area contributed by atoms with E-state index in [2.05, 4.69) is 42.8 Å². The zero-order valence-electron chi connectivity index (χ0n) is 9.62. The van der Waals surface area contributed by atoms with Crippen molar-refractivity contribution in [3.05, 3.63) is 29.6 Å². The average molecular weight is 192 g/mol. The van der Waals surface area contributed by atoms with E-state index in [1.807, 2.05) is 13.0 Å². The van der Waals surface area contributed by atoms with Gasteiger partial charge in [-0.15, -0.1) is 0 Å². The summed E-state index contributed by atoms with van der Waals surface area (Å²) in [7, 11) is 0. The molecule has 14 heavy (non-hydrogen) atoms. The first-order valence-corrected chi connectivity index (χ1v) is 5.30. The molecule has 0 unspecified atom stereocenters. The van der Waals surface area contributed by atoms with Gasteiger partial charge in [0.25, 0.3) is 0 Å². The first kappa shape index (κ1) is 11.2. The fourth-order valence-electron chi connectivity index (χ4n) is 1.56. The Morgan fingerprint density at radius 2 is 2.07 bits per heavy atom. The Morgan fingerprint density at radius 3 is 2.57 bits per heavy atom. The van der Waals surface area contributed by atoms with Crippen LogP contribution in [0, 0.1) is 6.92 Å². The molecule has 0 aliphatic heterocycles. The zero-order valence-corrected chi connectivity index (χ0v) is 9.62. The van der Waals surface area contributed by atoms with E-state index in [0.29, 0.717) is 6.04 Å². The Balaban J connectivity index is 2.67. The number of aromatic nitrogens is 1. The lowest BCUT2D eigenvalue weighted by Crippen LogP contribution is -2.30. The molecule has 1 rings (SSSR count). The number of hydrogen-bond acceptors (Lipinski definition) is 2. The third-order valence-corrected chi connectivity index (χ3v) is 2.45. The Labute approximate surface area is 87.0 Å². The van der Waals surface area contributed by atoms with Crippen molar-refractivity contribution in [2.75, 3.05) is 6.54 Å². The summed E-state index contributed by atoms with van der Waals surface area (Å²) in [6, 6.07) is 6.79. The van der Waals surface area contributed by atoms with Crippen LogP contribution in [0.25, 0.3) is 0 Å². The predicted octanol–water partition coefficient (Wildman–Crippen LogP) is 2.62. The third-order valence-electron chi connectivity index (χ3n) is 2.45. The molecule has 0 saturated heterocycles. The second-order valence-corrected chi connectivity index (χ2v) is 3.93. The molecule has 0 aliphatic carbocycles. The molecule has 1 aromatic rings. The van der Waals surface area contributed by atoms with Crippen LogP contribution in [0.3, 0.4) is 0 Å². The maximum absolute atomic E-state index is 4.50. The fourth-order valence-corrected chi connectivity index (χ4v) is 1.56. The van der Waals surface area contributed by atoms with E-state index in [1.54, 1.807) is 0 Å². The summed E-state index contributed by atoms with van der Waals surface area (Å²) in [4.78, 5) is 6.91. The van der Waals surface area contributed by atoms with Crippen LogP contribution in [0.4, 0.5) is 0 Å². The van der Waals surface area contributed by atoms with Crippen LogP contribution in [-0.4, -0.2) is 22.5 Å². The number of aryl methyl sites for hydroxylation is 1. The van der Waals surface area contributed by atoms with Crippen LogP contribution in [0.1, 0.15) is 32.2 Å². The van der Waals surface area contributed by atoms with E-state index in [1.165, 1.54) is 5.69 Å².